The standard InChI is InChI=1S/C18H23N7OS/c1-24(2)17(26)13-21-18(19-9-8-14-6-5-11-27-14)20-12-16-23-22-15-7-3-4-10-25(15)16/h3-7,10-11H,8-9,12-13H2,1-2H3,(H2,19,20,21). The number of rotatable bonds is 7. The van der Waals surface area contributed by atoms with Gasteiger partial charge in [0.25, 0.3) is 0 Å². The van der Waals surface area contributed by atoms with Crippen LogP contribution in [0.15, 0.2) is 46.9 Å². The second kappa shape index (κ2) is 9.13. The minimum Gasteiger partial charge on any atom is -0.356 e. The van der Waals surface area contributed by atoms with Gasteiger partial charge in [-0.05, 0) is 30.0 Å². The Bertz CT molecular complexity index is 901. The van der Waals surface area contributed by atoms with Crippen LogP contribution in [0, 0.1) is 0 Å². The SMILES string of the molecule is CN(C)C(=O)CNC(=NCc1nnc2ccccn12)NCCc1cccs1. The van der Waals surface area contributed by atoms with Crippen molar-refractivity contribution in [3.8, 4) is 0 Å². The van der Waals surface area contributed by atoms with E-state index < -0.39 is 0 Å². The summed E-state index contributed by atoms with van der Waals surface area (Å²) >= 11 is 1.73. The molecule has 0 spiro atoms. The van der Waals surface area contributed by atoms with Gasteiger partial charge in [0.2, 0.25) is 5.91 Å². The second-order valence-corrected chi connectivity index (χ2v) is 7.14. The summed E-state index contributed by atoms with van der Waals surface area (Å²) in [6.07, 6.45) is 2.81. The summed E-state index contributed by atoms with van der Waals surface area (Å²) in [5.74, 6) is 1.30. The molecule has 0 aliphatic carbocycles. The first kappa shape index (κ1) is 18.8. The Balaban J connectivity index is 1.65. The molecule has 9 heteroatoms. The molecule has 0 aromatic carbocycles. The number of carbonyl (C=O) groups excluding carboxylic acids is 1. The van der Waals surface area contributed by atoms with E-state index in [0.717, 1.165) is 24.4 Å². The lowest BCUT2D eigenvalue weighted by atomic mass is 10.3. The fraction of sp³-hybridized carbons (Fsp3) is 0.333. The van der Waals surface area contributed by atoms with Crippen molar-refractivity contribution in [2.45, 2.75) is 13.0 Å². The largest absolute Gasteiger partial charge is 0.356 e. The van der Waals surface area contributed by atoms with Gasteiger partial charge < -0.3 is 15.5 Å². The van der Waals surface area contributed by atoms with Crippen molar-refractivity contribution in [3.05, 3.63) is 52.6 Å². The number of guanidine groups is 1. The Morgan fingerprint density at radius 3 is 2.89 bits per heavy atom. The number of likely N-dealkylation sites (N-methyl/N-ethyl adjacent to an activating group) is 1. The molecule has 0 fully saturated rings. The fourth-order valence-electron chi connectivity index (χ4n) is 2.40. The van der Waals surface area contributed by atoms with Crippen molar-refractivity contribution in [1.29, 1.82) is 0 Å². The third kappa shape index (κ3) is 5.27. The number of nitrogens with zero attached hydrogens (tertiary/aromatic N) is 5. The van der Waals surface area contributed by atoms with Gasteiger partial charge in [0.15, 0.2) is 17.4 Å². The Labute approximate surface area is 161 Å². The molecule has 0 radical (unpaired) electrons. The number of nitrogens with one attached hydrogen (secondary N) is 2. The summed E-state index contributed by atoms with van der Waals surface area (Å²) in [6.45, 7) is 1.26. The number of hydrogen-bond donors (Lipinski definition) is 2. The van der Waals surface area contributed by atoms with Crippen LogP contribution in [0.4, 0.5) is 0 Å². The highest BCUT2D eigenvalue weighted by Crippen LogP contribution is 2.08. The van der Waals surface area contributed by atoms with E-state index in [4.69, 9.17) is 0 Å². The molecule has 0 atom stereocenters. The molecule has 0 bridgehead atoms. The van der Waals surface area contributed by atoms with Gasteiger partial charge in [-0.15, -0.1) is 21.5 Å². The smallest absolute Gasteiger partial charge is 0.241 e. The first-order valence-corrected chi connectivity index (χ1v) is 9.55. The zero-order valence-electron chi connectivity index (χ0n) is 15.4. The van der Waals surface area contributed by atoms with E-state index >= 15 is 0 Å². The van der Waals surface area contributed by atoms with Crippen LogP contribution in [0.2, 0.25) is 0 Å². The van der Waals surface area contributed by atoms with E-state index in [-0.39, 0.29) is 12.5 Å². The van der Waals surface area contributed by atoms with Gasteiger partial charge in [-0.1, -0.05) is 12.1 Å². The van der Waals surface area contributed by atoms with Crippen LogP contribution >= 0.6 is 11.3 Å². The maximum absolute atomic E-state index is 11.9. The molecular formula is C18H23N7OS. The van der Waals surface area contributed by atoms with Crippen LogP contribution in [-0.4, -0.2) is 58.5 Å². The van der Waals surface area contributed by atoms with Crippen LogP contribution in [0.5, 0.6) is 0 Å². The molecule has 8 nitrogen and oxygen atoms in total. The number of amides is 1. The molecule has 3 aromatic rings. The van der Waals surface area contributed by atoms with E-state index in [0.29, 0.717) is 12.5 Å². The minimum absolute atomic E-state index is 0.0179. The zero-order valence-corrected chi connectivity index (χ0v) is 16.2. The number of aromatic nitrogens is 3. The number of pyridine rings is 1. The zero-order chi connectivity index (χ0) is 19.1. The van der Waals surface area contributed by atoms with Crippen molar-refractivity contribution in [3.63, 3.8) is 0 Å². The Kier molecular flexibility index (Phi) is 6.37. The van der Waals surface area contributed by atoms with Crippen LogP contribution in [0.1, 0.15) is 10.7 Å². The number of thiophene rings is 1. The molecule has 27 heavy (non-hydrogen) atoms. The molecule has 142 valence electrons. The number of hydrogen-bond acceptors (Lipinski definition) is 5. The second-order valence-electron chi connectivity index (χ2n) is 6.11. The molecule has 2 N–H and O–H groups in total. The van der Waals surface area contributed by atoms with Crippen molar-refractivity contribution in [1.82, 2.24) is 30.1 Å². The lowest BCUT2D eigenvalue weighted by Gasteiger charge is -2.14. The number of aliphatic imine (C=N–C) groups is 1. The number of fused-ring (bicyclic) bond motifs is 1. The van der Waals surface area contributed by atoms with Crippen LogP contribution in [-0.2, 0) is 17.8 Å². The summed E-state index contributed by atoms with van der Waals surface area (Å²) in [5.41, 5.74) is 0.783. The normalized spacial score (nSPS) is 11.6. The fourth-order valence-corrected chi connectivity index (χ4v) is 3.11. The van der Waals surface area contributed by atoms with Gasteiger partial charge in [-0.2, -0.15) is 0 Å². The maximum Gasteiger partial charge on any atom is 0.241 e. The van der Waals surface area contributed by atoms with E-state index in [2.05, 4.69) is 37.3 Å². The maximum atomic E-state index is 11.9. The first-order valence-electron chi connectivity index (χ1n) is 8.67. The highest BCUT2D eigenvalue weighted by molar-refractivity contribution is 7.09. The first-order chi connectivity index (χ1) is 13.1. The van der Waals surface area contributed by atoms with E-state index in [1.54, 1.807) is 30.3 Å². The van der Waals surface area contributed by atoms with E-state index in [1.807, 2.05) is 34.9 Å². The minimum atomic E-state index is -0.0179. The summed E-state index contributed by atoms with van der Waals surface area (Å²) in [5, 5.41) is 16.8. The molecule has 0 saturated heterocycles. The summed E-state index contributed by atoms with van der Waals surface area (Å²) < 4.78 is 1.90. The molecule has 0 unspecified atom stereocenters. The van der Waals surface area contributed by atoms with Gasteiger partial charge in [0.1, 0.15) is 6.54 Å². The van der Waals surface area contributed by atoms with Gasteiger partial charge in [0, 0.05) is 31.7 Å². The van der Waals surface area contributed by atoms with E-state index in [9.17, 15) is 4.79 Å². The van der Waals surface area contributed by atoms with Crippen molar-refractivity contribution in [2.75, 3.05) is 27.2 Å². The molecule has 0 aliphatic rings. The van der Waals surface area contributed by atoms with Crippen molar-refractivity contribution in [2.24, 2.45) is 4.99 Å². The van der Waals surface area contributed by atoms with Crippen LogP contribution < -0.4 is 10.6 Å². The average molecular weight is 385 g/mol. The van der Waals surface area contributed by atoms with E-state index in [1.165, 1.54) is 4.88 Å². The molecule has 1 amide bonds. The summed E-state index contributed by atoms with van der Waals surface area (Å²) in [6, 6.07) is 9.89. The average Bonchev–Trinajstić information content (AvgIpc) is 3.33. The molecular weight excluding hydrogens is 362 g/mol. The molecule has 3 rings (SSSR count). The highest BCUT2D eigenvalue weighted by atomic mass is 32.1. The lowest BCUT2D eigenvalue weighted by Crippen LogP contribution is -2.43. The van der Waals surface area contributed by atoms with Gasteiger partial charge in [-0.3, -0.25) is 9.20 Å². The number of carbonyl (C=O) groups is 1. The summed E-state index contributed by atoms with van der Waals surface area (Å²) in [4.78, 5) is 19.3. The third-order valence-electron chi connectivity index (χ3n) is 3.91. The van der Waals surface area contributed by atoms with Crippen LogP contribution in [0.3, 0.4) is 0 Å². The van der Waals surface area contributed by atoms with Gasteiger partial charge in [-0.25, -0.2) is 4.99 Å². The monoisotopic (exact) mass is 385 g/mol. The molecule has 3 heterocycles. The van der Waals surface area contributed by atoms with Crippen molar-refractivity contribution < 1.29 is 4.79 Å². The topological polar surface area (TPSA) is 86.9 Å². The highest BCUT2D eigenvalue weighted by Gasteiger charge is 2.08. The summed E-state index contributed by atoms with van der Waals surface area (Å²) in [7, 11) is 3.46. The Morgan fingerprint density at radius 1 is 1.22 bits per heavy atom. The molecule has 0 saturated carbocycles. The van der Waals surface area contributed by atoms with Gasteiger partial charge >= 0.3 is 0 Å². The quantitative estimate of drug-likeness (QED) is 0.471. The van der Waals surface area contributed by atoms with Gasteiger partial charge in [0.05, 0.1) is 6.54 Å². The lowest BCUT2D eigenvalue weighted by molar-refractivity contribution is -0.127. The Hall–Kier alpha value is -2.94. The Morgan fingerprint density at radius 2 is 2.11 bits per heavy atom. The molecule has 0 aliphatic heterocycles. The predicted octanol–water partition coefficient (Wildman–Crippen LogP) is 1.16. The third-order valence-corrected chi connectivity index (χ3v) is 4.85. The van der Waals surface area contributed by atoms with Crippen LogP contribution in [0.25, 0.3) is 5.65 Å². The molecule has 3 aromatic heterocycles. The predicted molar refractivity (Wildman–Crippen MR) is 107 cm³/mol. The van der Waals surface area contributed by atoms with Crippen molar-refractivity contribution >= 4 is 28.9 Å².